The lowest BCUT2D eigenvalue weighted by Crippen LogP contribution is -2.26. The minimum atomic E-state index is -0.456. The summed E-state index contributed by atoms with van der Waals surface area (Å²) in [6.07, 6.45) is 3.42. The molecule has 7 heteroatoms. The lowest BCUT2D eigenvalue weighted by molar-refractivity contribution is 0.363. The number of fused-ring (bicyclic) bond motifs is 1. The van der Waals surface area contributed by atoms with E-state index in [0.717, 1.165) is 22.6 Å². The molecule has 2 aromatic carbocycles. The minimum absolute atomic E-state index is 0.156. The van der Waals surface area contributed by atoms with Gasteiger partial charge in [-0.3, -0.25) is 9.59 Å². The molecule has 0 atom stereocenters. The maximum atomic E-state index is 12.7. The highest BCUT2D eigenvalue weighted by Gasteiger charge is 2.12. The van der Waals surface area contributed by atoms with E-state index in [9.17, 15) is 9.59 Å². The second-order valence-corrected chi connectivity index (χ2v) is 6.92. The molecular formula is C21H15N3O3S. The molecule has 0 bridgehead atoms. The van der Waals surface area contributed by atoms with Crippen molar-refractivity contribution >= 4 is 22.4 Å². The van der Waals surface area contributed by atoms with E-state index in [2.05, 4.69) is 16.7 Å². The Morgan fingerprint density at radius 3 is 2.54 bits per heavy atom. The number of nitrogens with zero attached hydrogens (tertiary/aromatic N) is 3. The Hall–Kier alpha value is -3.58. The van der Waals surface area contributed by atoms with Crippen molar-refractivity contribution in [3.63, 3.8) is 0 Å². The van der Waals surface area contributed by atoms with Crippen molar-refractivity contribution in [2.24, 2.45) is 0 Å². The average Bonchev–Trinajstić information content (AvgIpc) is 3.02. The molecule has 0 amide bonds. The van der Waals surface area contributed by atoms with Crippen LogP contribution in [0.1, 0.15) is 5.56 Å². The Morgan fingerprint density at radius 1 is 1.07 bits per heavy atom. The van der Waals surface area contributed by atoms with Crippen LogP contribution in [-0.4, -0.2) is 21.2 Å². The molecule has 138 valence electrons. The first-order valence-electron chi connectivity index (χ1n) is 8.50. The van der Waals surface area contributed by atoms with Crippen LogP contribution in [0.3, 0.4) is 0 Å². The third-order valence-corrected chi connectivity index (χ3v) is 4.94. The van der Waals surface area contributed by atoms with Gasteiger partial charge in [0.1, 0.15) is 12.4 Å². The summed E-state index contributed by atoms with van der Waals surface area (Å²) in [5, 5.41) is 4.24. The number of aromatic nitrogens is 3. The smallest absolute Gasteiger partial charge is 0.300 e. The zero-order valence-corrected chi connectivity index (χ0v) is 15.6. The molecule has 0 N–H and O–H groups in total. The van der Waals surface area contributed by atoms with Gasteiger partial charge in [0.15, 0.2) is 5.69 Å². The van der Waals surface area contributed by atoms with Crippen molar-refractivity contribution in [3.8, 4) is 17.0 Å². The van der Waals surface area contributed by atoms with Gasteiger partial charge in [0.2, 0.25) is 4.96 Å². The molecule has 0 fully saturated rings. The minimum Gasteiger partial charge on any atom is -0.490 e. The van der Waals surface area contributed by atoms with Gasteiger partial charge in [-0.05, 0) is 23.8 Å². The molecule has 0 spiro atoms. The van der Waals surface area contributed by atoms with Crippen LogP contribution < -0.4 is 20.4 Å². The fourth-order valence-corrected chi connectivity index (χ4v) is 3.56. The number of ether oxygens (including phenoxy) is 1. The summed E-state index contributed by atoms with van der Waals surface area (Å²) in [6.45, 7) is 4.04. The second-order valence-electron chi connectivity index (χ2n) is 5.91. The van der Waals surface area contributed by atoms with E-state index in [-0.39, 0.29) is 16.2 Å². The third-order valence-electron chi connectivity index (χ3n) is 3.98. The summed E-state index contributed by atoms with van der Waals surface area (Å²) in [5.41, 5.74) is 0.851. The first kappa shape index (κ1) is 17.8. The van der Waals surface area contributed by atoms with Crippen LogP contribution in [0.2, 0.25) is 0 Å². The quantitative estimate of drug-likeness (QED) is 0.490. The maximum Gasteiger partial charge on any atom is 0.300 e. The molecule has 2 aromatic heterocycles. The van der Waals surface area contributed by atoms with Crippen molar-refractivity contribution in [3.05, 3.63) is 98.1 Å². The van der Waals surface area contributed by atoms with Crippen LogP contribution in [-0.2, 0) is 0 Å². The van der Waals surface area contributed by atoms with Crippen LogP contribution in [0.25, 0.3) is 22.3 Å². The van der Waals surface area contributed by atoms with Gasteiger partial charge < -0.3 is 4.74 Å². The van der Waals surface area contributed by atoms with Gasteiger partial charge in [-0.25, -0.2) is 0 Å². The van der Waals surface area contributed by atoms with Gasteiger partial charge in [0.25, 0.3) is 5.56 Å². The molecule has 2 heterocycles. The monoisotopic (exact) mass is 389 g/mol. The summed E-state index contributed by atoms with van der Waals surface area (Å²) in [5.74, 6) is 0.719. The van der Waals surface area contributed by atoms with E-state index in [4.69, 9.17) is 4.74 Å². The van der Waals surface area contributed by atoms with E-state index >= 15 is 0 Å². The Balaban J connectivity index is 1.78. The molecule has 28 heavy (non-hydrogen) atoms. The third kappa shape index (κ3) is 3.47. The van der Waals surface area contributed by atoms with Crippen molar-refractivity contribution < 1.29 is 4.74 Å². The summed E-state index contributed by atoms with van der Waals surface area (Å²) in [6, 6.07) is 16.3. The maximum absolute atomic E-state index is 12.7. The molecule has 0 saturated carbocycles. The van der Waals surface area contributed by atoms with Crippen LogP contribution in [0.5, 0.6) is 5.75 Å². The van der Waals surface area contributed by atoms with Crippen molar-refractivity contribution in [1.82, 2.24) is 14.6 Å². The highest BCUT2D eigenvalue weighted by molar-refractivity contribution is 7.15. The van der Waals surface area contributed by atoms with Crippen LogP contribution in [0.15, 0.2) is 76.8 Å². The summed E-state index contributed by atoms with van der Waals surface area (Å²) >= 11 is 1.13. The fourth-order valence-electron chi connectivity index (χ4n) is 2.65. The standard InChI is InChI=1S/C21H15N3O3S/c1-2-12-27-16-10-8-14(9-11-16)13-17-20(26)24-21(28-17)22-19(25)18(23-24)15-6-4-3-5-7-15/h2-11,13H,1,12H2/b17-13+. The Kier molecular flexibility index (Phi) is 4.82. The van der Waals surface area contributed by atoms with E-state index in [0.29, 0.717) is 16.7 Å². The first-order valence-corrected chi connectivity index (χ1v) is 9.32. The zero-order valence-electron chi connectivity index (χ0n) is 14.7. The zero-order chi connectivity index (χ0) is 19.5. The van der Waals surface area contributed by atoms with Gasteiger partial charge >= 0.3 is 5.56 Å². The van der Waals surface area contributed by atoms with Gasteiger partial charge in [-0.1, -0.05) is 66.5 Å². The second kappa shape index (κ2) is 7.58. The number of hydrogen-bond donors (Lipinski definition) is 0. The Labute approximate surface area is 163 Å². The van der Waals surface area contributed by atoms with E-state index in [1.165, 1.54) is 4.52 Å². The van der Waals surface area contributed by atoms with Crippen LogP contribution >= 0.6 is 11.3 Å². The number of hydrogen-bond acceptors (Lipinski definition) is 6. The normalized spacial score (nSPS) is 11.6. The molecule has 0 aliphatic carbocycles. The highest BCUT2D eigenvalue weighted by Crippen LogP contribution is 2.13. The summed E-state index contributed by atoms with van der Waals surface area (Å²) in [7, 11) is 0. The fraction of sp³-hybridized carbons (Fsp3) is 0.0476. The van der Waals surface area contributed by atoms with E-state index in [1.54, 1.807) is 36.4 Å². The Bertz CT molecular complexity index is 1310. The number of thiazole rings is 1. The number of benzene rings is 2. The highest BCUT2D eigenvalue weighted by atomic mass is 32.1. The summed E-state index contributed by atoms with van der Waals surface area (Å²) in [4.78, 5) is 29.4. The predicted molar refractivity (Wildman–Crippen MR) is 110 cm³/mol. The molecule has 4 rings (SSSR count). The van der Waals surface area contributed by atoms with Crippen molar-refractivity contribution in [1.29, 1.82) is 0 Å². The SMILES string of the molecule is C=CCOc1ccc(/C=c2/sc3nc(=O)c(-c4ccccc4)nn3c2=O)cc1. The molecule has 4 aromatic rings. The van der Waals surface area contributed by atoms with E-state index < -0.39 is 5.56 Å². The van der Waals surface area contributed by atoms with Gasteiger partial charge in [-0.2, -0.15) is 14.6 Å². The van der Waals surface area contributed by atoms with Gasteiger partial charge in [0.05, 0.1) is 4.53 Å². The molecule has 0 saturated heterocycles. The van der Waals surface area contributed by atoms with Crippen LogP contribution in [0, 0.1) is 0 Å². The molecule has 0 radical (unpaired) electrons. The molecule has 6 nitrogen and oxygen atoms in total. The number of rotatable bonds is 5. The lowest BCUT2D eigenvalue weighted by atomic mass is 10.2. The Morgan fingerprint density at radius 2 is 1.82 bits per heavy atom. The molecule has 0 aliphatic heterocycles. The largest absolute Gasteiger partial charge is 0.490 e. The van der Waals surface area contributed by atoms with Crippen LogP contribution in [0.4, 0.5) is 0 Å². The van der Waals surface area contributed by atoms with Gasteiger partial charge in [-0.15, -0.1) is 0 Å². The molecular weight excluding hydrogens is 374 g/mol. The molecule has 0 unspecified atom stereocenters. The predicted octanol–water partition coefficient (Wildman–Crippen LogP) is 2.29. The lowest BCUT2D eigenvalue weighted by Gasteiger charge is -2.02. The topological polar surface area (TPSA) is 73.6 Å². The van der Waals surface area contributed by atoms with Crippen molar-refractivity contribution in [2.75, 3.05) is 6.61 Å². The van der Waals surface area contributed by atoms with Crippen molar-refractivity contribution in [2.45, 2.75) is 0 Å². The average molecular weight is 389 g/mol. The van der Waals surface area contributed by atoms with E-state index in [1.807, 2.05) is 30.3 Å². The van der Waals surface area contributed by atoms with Gasteiger partial charge in [0, 0.05) is 5.56 Å². The molecule has 0 aliphatic rings. The summed E-state index contributed by atoms with van der Waals surface area (Å²) < 4.78 is 7.08. The first-order chi connectivity index (χ1) is 13.7.